The van der Waals surface area contributed by atoms with E-state index in [1.54, 1.807) is 36.4 Å². The van der Waals surface area contributed by atoms with Crippen molar-refractivity contribution in [2.45, 2.75) is 0 Å². The lowest BCUT2D eigenvalue weighted by Crippen LogP contribution is -2.21. The van der Waals surface area contributed by atoms with Crippen molar-refractivity contribution in [2.24, 2.45) is 0 Å². The standard InChI is InChI=1S/C22H16N2O2S/c25-19-12-6-4-10-16(19)18(24-22(26)15-8-2-1-3-9-15)14-21-23-17-11-5-7-13-20(17)27-21/h1-14,25H,(H,24,26). The number of rotatable bonds is 4. The van der Waals surface area contributed by atoms with Gasteiger partial charge in [-0.15, -0.1) is 11.3 Å². The molecule has 1 amide bonds. The molecule has 0 aliphatic heterocycles. The van der Waals surface area contributed by atoms with Gasteiger partial charge >= 0.3 is 0 Å². The first-order valence-corrected chi connectivity index (χ1v) is 9.24. The number of phenolic OH excluding ortho intramolecular Hbond substituents is 1. The van der Waals surface area contributed by atoms with Gasteiger partial charge in [0.05, 0.1) is 15.9 Å². The summed E-state index contributed by atoms with van der Waals surface area (Å²) in [6.07, 6.45) is 1.79. The number of thiazole rings is 1. The maximum atomic E-state index is 12.7. The molecule has 2 N–H and O–H groups in total. The number of amides is 1. The van der Waals surface area contributed by atoms with Gasteiger partial charge in [0.15, 0.2) is 0 Å². The molecule has 1 aromatic heterocycles. The smallest absolute Gasteiger partial charge is 0.255 e. The lowest BCUT2D eigenvalue weighted by Gasteiger charge is -2.11. The number of hydrogen-bond donors (Lipinski definition) is 2. The van der Waals surface area contributed by atoms with Gasteiger partial charge in [-0.05, 0) is 42.5 Å². The molecule has 4 aromatic rings. The quantitative estimate of drug-likeness (QED) is 0.534. The molecule has 0 atom stereocenters. The summed E-state index contributed by atoms with van der Waals surface area (Å²) >= 11 is 1.53. The second-order valence-electron chi connectivity index (χ2n) is 5.92. The van der Waals surface area contributed by atoms with Crippen molar-refractivity contribution >= 4 is 39.2 Å². The molecule has 27 heavy (non-hydrogen) atoms. The van der Waals surface area contributed by atoms with Gasteiger partial charge in [0.25, 0.3) is 5.91 Å². The Morgan fingerprint density at radius 2 is 1.63 bits per heavy atom. The van der Waals surface area contributed by atoms with Crippen LogP contribution in [0.4, 0.5) is 0 Å². The van der Waals surface area contributed by atoms with Crippen molar-refractivity contribution in [3.05, 3.63) is 95.0 Å². The first-order chi connectivity index (χ1) is 13.2. The van der Waals surface area contributed by atoms with Gasteiger partial charge in [0.1, 0.15) is 10.8 Å². The molecular formula is C22H16N2O2S. The van der Waals surface area contributed by atoms with E-state index >= 15 is 0 Å². The summed E-state index contributed by atoms with van der Waals surface area (Å²) in [6.45, 7) is 0. The van der Waals surface area contributed by atoms with Crippen LogP contribution in [0.3, 0.4) is 0 Å². The van der Waals surface area contributed by atoms with Crippen LogP contribution in [0, 0.1) is 0 Å². The van der Waals surface area contributed by atoms with Crippen molar-refractivity contribution in [1.29, 1.82) is 0 Å². The van der Waals surface area contributed by atoms with Crippen LogP contribution in [0.5, 0.6) is 5.75 Å². The van der Waals surface area contributed by atoms with E-state index < -0.39 is 0 Å². The second-order valence-corrected chi connectivity index (χ2v) is 6.98. The largest absolute Gasteiger partial charge is 0.507 e. The Morgan fingerprint density at radius 3 is 2.41 bits per heavy atom. The molecule has 0 aliphatic carbocycles. The molecule has 0 radical (unpaired) electrons. The minimum absolute atomic E-state index is 0.0956. The number of benzene rings is 3. The van der Waals surface area contributed by atoms with E-state index in [0.29, 0.717) is 16.8 Å². The Morgan fingerprint density at radius 1 is 0.926 bits per heavy atom. The van der Waals surface area contributed by atoms with Crippen LogP contribution in [-0.2, 0) is 0 Å². The van der Waals surface area contributed by atoms with Gasteiger partial charge < -0.3 is 10.4 Å². The minimum Gasteiger partial charge on any atom is -0.507 e. The summed E-state index contributed by atoms with van der Waals surface area (Å²) in [6, 6.07) is 23.8. The molecule has 4 nitrogen and oxygen atoms in total. The van der Waals surface area contributed by atoms with E-state index in [4.69, 9.17) is 0 Å². The highest BCUT2D eigenvalue weighted by Gasteiger charge is 2.13. The summed E-state index contributed by atoms with van der Waals surface area (Å²) in [5.74, 6) is -0.149. The van der Waals surface area contributed by atoms with E-state index in [2.05, 4.69) is 10.3 Å². The Bertz CT molecular complexity index is 1100. The van der Waals surface area contributed by atoms with Gasteiger partial charge in [-0.1, -0.05) is 42.5 Å². The first-order valence-electron chi connectivity index (χ1n) is 8.43. The summed E-state index contributed by atoms with van der Waals surface area (Å²) < 4.78 is 1.06. The van der Waals surface area contributed by atoms with Gasteiger partial charge in [-0.3, -0.25) is 4.79 Å². The molecule has 0 fully saturated rings. The summed E-state index contributed by atoms with van der Waals surface area (Å²) in [5.41, 5.74) is 2.49. The fraction of sp³-hybridized carbons (Fsp3) is 0. The van der Waals surface area contributed by atoms with Crippen molar-refractivity contribution in [3.8, 4) is 5.75 Å². The molecule has 0 spiro atoms. The Labute approximate surface area is 160 Å². The number of phenols is 1. The van der Waals surface area contributed by atoms with E-state index in [9.17, 15) is 9.90 Å². The molecule has 0 saturated carbocycles. The van der Waals surface area contributed by atoms with Crippen LogP contribution >= 0.6 is 11.3 Å². The lowest BCUT2D eigenvalue weighted by atomic mass is 10.1. The zero-order valence-corrected chi connectivity index (χ0v) is 15.1. The molecule has 0 unspecified atom stereocenters. The number of para-hydroxylation sites is 2. The van der Waals surface area contributed by atoms with Gasteiger partial charge in [0.2, 0.25) is 0 Å². The number of aromatic nitrogens is 1. The molecule has 0 aliphatic rings. The third kappa shape index (κ3) is 3.73. The van der Waals surface area contributed by atoms with Crippen molar-refractivity contribution < 1.29 is 9.90 Å². The fourth-order valence-corrected chi connectivity index (χ4v) is 3.65. The number of fused-ring (bicyclic) bond motifs is 1. The van der Waals surface area contributed by atoms with Gasteiger partial charge in [0, 0.05) is 11.1 Å². The van der Waals surface area contributed by atoms with Crippen molar-refractivity contribution in [2.75, 3.05) is 0 Å². The SMILES string of the molecule is O=C(NC(=Cc1nc2ccccc2s1)c1ccccc1O)c1ccccc1. The predicted molar refractivity (Wildman–Crippen MR) is 110 cm³/mol. The summed E-state index contributed by atoms with van der Waals surface area (Å²) in [5, 5.41) is 13.9. The Kier molecular flexibility index (Phi) is 4.68. The van der Waals surface area contributed by atoms with Crippen LogP contribution in [0.1, 0.15) is 20.9 Å². The molecule has 5 heteroatoms. The van der Waals surface area contributed by atoms with Crippen LogP contribution in [0.25, 0.3) is 22.0 Å². The Balaban J connectivity index is 1.76. The van der Waals surface area contributed by atoms with Crippen LogP contribution in [0.15, 0.2) is 78.9 Å². The highest BCUT2D eigenvalue weighted by atomic mass is 32.1. The molecule has 3 aromatic carbocycles. The van der Waals surface area contributed by atoms with E-state index in [0.717, 1.165) is 15.2 Å². The maximum absolute atomic E-state index is 12.7. The average Bonchev–Trinajstić information content (AvgIpc) is 3.11. The van der Waals surface area contributed by atoms with Gasteiger partial charge in [-0.25, -0.2) is 4.98 Å². The number of carbonyl (C=O) groups excluding carboxylic acids is 1. The zero-order chi connectivity index (χ0) is 18.6. The van der Waals surface area contributed by atoms with Crippen LogP contribution < -0.4 is 5.32 Å². The topological polar surface area (TPSA) is 62.2 Å². The predicted octanol–water partition coefficient (Wildman–Crippen LogP) is 4.93. The number of nitrogens with zero attached hydrogens (tertiary/aromatic N) is 1. The maximum Gasteiger partial charge on any atom is 0.255 e. The Hall–Kier alpha value is -3.44. The molecule has 4 rings (SSSR count). The molecular weight excluding hydrogens is 356 g/mol. The summed E-state index contributed by atoms with van der Waals surface area (Å²) in [4.78, 5) is 17.2. The monoisotopic (exact) mass is 372 g/mol. The second kappa shape index (κ2) is 7.43. The number of carbonyl (C=O) groups is 1. The summed E-state index contributed by atoms with van der Waals surface area (Å²) in [7, 11) is 0. The highest BCUT2D eigenvalue weighted by molar-refractivity contribution is 7.19. The molecule has 0 saturated heterocycles. The number of aromatic hydroxyl groups is 1. The van der Waals surface area contributed by atoms with Crippen LogP contribution in [-0.4, -0.2) is 16.0 Å². The number of nitrogens with one attached hydrogen (secondary N) is 1. The van der Waals surface area contributed by atoms with E-state index in [1.807, 2.05) is 48.5 Å². The number of hydrogen-bond acceptors (Lipinski definition) is 4. The third-order valence-corrected chi connectivity index (χ3v) is 5.04. The van der Waals surface area contributed by atoms with Crippen molar-refractivity contribution in [1.82, 2.24) is 10.3 Å². The van der Waals surface area contributed by atoms with E-state index in [1.165, 1.54) is 11.3 Å². The lowest BCUT2D eigenvalue weighted by molar-refractivity contribution is 0.0974. The third-order valence-electron chi connectivity index (χ3n) is 4.06. The van der Waals surface area contributed by atoms with Gasteiger partial charge in [-0.2, -0.15) is 0 Å². The average molecular weight is 372 g/mol. The fourth-order valence-electron chi connectivity index (χ4n) is 2.74. The molecule has 0 bridgehead atoms. The highest BCUT2D eigenvalue weighted by Crippen LogP contribution is 2.28. The normalized spacial score (nSPS) is 11.5. The molecule has 1 heterocycles. The zero-order valence-electron chi connectivity index (χ0n) is 14.3. The molecule has 132 valence electrons. The van der Waals surface area contributed by atoms with E-state index in [-0.39, 0.29) is 11.7 Å². The van der Waals surface area contributed by atoms with Crippen LogP contribution in [0.2, 0.25) is 0 Å². The van der Waals surface area contributed by atoms with Crippen molar-refractivity contribution in [3.63, 3.8) is 0 Å². The first kappa shape index (κ1) is 17.0. The minimum atomic E-state index is -0.244.